The molecular weight excluding hydrogens is 464 g/mol. The van der Waals surface area contributed by atoms with E-state index in [0.717, 1.165) is 50.6 Å². The first-order valence-corrected chi connectivity index (χ1v) is 12.6. The van der Waals surface area contributed by atoms with Crippen molar-refractivity contribution in [3.8, 4) is 0 Å². The highest BCUT2D eigenvalue weighted by Crippen LogP contribution is 2.27. The molecule has 0 aliphatic heterocycles. The van der Waals surface area contributed by atoms with Crippen LogP contribution in [0.4, 0.5) is 22.7 Å². The van der Waals surface area contributed by atoms with E-state index >= 15 is 0 Å². The van der Waals surface area contributed by atoms with Gasteiger partial charge in [0.15, 0.2) is 0 Å². The van der Waals surface area contributed by atoms with E-state index in [0.29, 0.717) is 35.4 Å². The number of nitro groups is 2. The topological polar surface area (TPSA) is 105 Å². The average Bonchev–Trinajstić information content (AvgIpc) is 2.91. The van der Waals surface area contributed by atoms with Gasteiger partial charge in [0.1, 0.15) is 24.5 Å². The number of benzene rings is 2. The number of hydrogen-bond acceptors (Lipinski definition) is 6. The summed E-state index contributed by atoms with van der Waals surface area (Å²) < 4.78 is 13.1. The van der Waals surface area contributed by atoms with Crippen molar-refractivity contribution in [1.82, 2.24) is 8.97 Å². The highest BCUT2D eigenvalue weighted by molar-refractivity contribution is 5.49. The number of non-ortho nitro benzene ring substituents is 2. The standard InChI is InChI=1S/C26H40N4O6/c1-5-29(6-2,25-13-9-23(10-14-25)27(31)32)17-19-35-21-22-36-20-18-30(7-3,8-4)26-15-11-24(12-16-26)28(33)34/h9-16H,5-8,17-22H2,1-4H3/q+2. The van der Waals surface area contributed by atoms with Gasteiger partial charge in [-0.3, -0.25) is 29.2 Å². The van der Waals surface area contributed by atoms with E-state index in [9.17, 15) is 20.2 Å². The third kappa shape index (κ3) is 7.30. The molecule has 0 aliphatic rings. The third-order valence-corrected chi connectivity index (χ3v) is 7.34. The lowest BCUT2D eigenvalue weighted by atomic mass is 10.2. The Morgan fingerprint density at radius 3 is 1.14 bits per heavy atom. The van der Waals surface area contributed by atoms with E-state index in [2.05, 4.69) is 27.7 Å². The van der Waals surface area contributed by atoms with Gasteiger partial charge in [0.25, 0.3) is 11.4 Å². The lowest BCUT2D eigenvalue weighted by Gasteiger charge is -2.36. The van der Waals surface area contributed by atoms with Crippen LogP contribution < -0.4 is 8.97 Å². The Labute approximate surface area is 213 Å². The Hall–Kier alpha value is -2.92. The van der Waals surface area contributed by atoms with Gasteiger partial charge in [-0.25, -0.2) is 0 Å². The first-order valence-electron chi connectivity index (χ1n) is 12.6. The number of nitrogens with zero attached hydrogens (tertiary/aromatic N) is 4. The van der Waals surface area contributed by atoms with Gasteiger partial charge < -0.3 is 9.47 Å². The second kappa shape index (κ2) is 14.0. The Morgan fingerprint density at radius 1 is 0.583 bits per heavy atom. The molecule has 2 aromatic rings. The largest absolute Gasteiger partial charge is 0.373 e. The zero-order valence-corrected chi connectivity index (χ0v) is 21.9. The van der Waals surface area contributed by atoms with Crippen molar-refractivity contribution < 1.29 is 19.3 Å². The summed E-state index contributed by atoms with van der Waals surface area (Å²) in [4.78, 5) is 21.2. The Bertz CT molecular complexity index is 878. The predicted molar refractivity (Wildman–Crippen MR) is 143 cm³/mol. The molecule has 0 bridgehead atoms. The summed E-state index contributed by atoms with van der Waals surface area (Å²) >= 11 is 0. The van der Waals surface area contributed by atoms with Gasteiger partial charge in [0, 0.05) is 48.5 Å². The van der Waals surface area contributed by atoms with Crippen LogP contribution in [0.3, 0.4) is 0 Å². The zero-order chi connectivity index (χ0) is 26.6. The molecule has 0 aliphatic carbocycles. The lowest BCUT2D eigenvalue weighted by Crippen LogP contribution is -2.51. The lowest BCUT2D eigenvalue weighted by molar-refractivity contribution is -0.385. The van der Waals surface area contributed by atoms with Crippen molar-refractivity contribution >= 4 is 22.7 Å². The number of likely N-dealkylation sites (N-methyl/N-ethyl adjacent to an activating group) is 2. The van der Waals surface area contributed by atoms with Crippen molar-refractivity contribution in [3.05, 3.63) is 68.8 Å². The molecule has 0 heterocycles. The van der Waals surface area contributed by atoms with Gasteiger partial charge in [-0.1, -0.05) is 0 Å². The summed E-state index contributed by atoms with van der Waals surface area (Å²) in [5, 5.41) is 21.9. The quantitative estimate of drug-likeness (QED) is 0.131. The number of nitro benzene ring substituents is 2. The summed E-state index contributed by atoms with van der Waals surface area (Å²) in [6, 6.07) is 13.6. The molecule has 0 amide bonds. The van der Waals surface area contributed by atoms with Gasteiger partial charge >= 0.3 is 0 Å². The molecule has 198 valence electrons. The van der Waals surface area contributed by atoms with Crippen LogP contribution >= 0.6 is 0 Å². The first kappa shape index (κ1) is 29.3. The number of rotatable bonds is 17. The maximum Gasteiger partial charge on any atom is 0.269 e. The molecule has 0 N–H and O–H groups in total. The highest BCUT2D eigenvalue weighted by Gasteiger charge is 2.28. The van der Waals surface area contributed by atoms with Crippen molar-refractivity contribution in [1.29, 1.82) is 0 Å². The second-order valence-corrected chi connectivity index (χ2v) is 8.77. The fraction of sp³-hybridized carbons (Fsp3) is 0.538. The normalized spacial score (nSPS) is 12.0. The highest BCUT2D eigenvalue weighted by atomic mass is 16.6. The van der Waals surface area contributed by atoms with E-state index in [1.807, 2.05) is 24.3 Å². The smallest absolute Gasteiger partial charge is 0.269 e. The van der Waals surface area contributed by atoms with Crippen LogP contribution in [-0.4, -0.2) is 75.5 Å². The molecule has 0 fully saturated rings. The van der Waals surface area contributed by atoms with E-state index in [4.69, 9.17) is 9.47 Å². The van der Waals surface area contributed by atoms with Crippen molar-refractivity contribution in [3.63, 3.8) is 0 Å². The molecule has 10 heteroatoms. The molecule has 0 radical (unpaired) electrons. The average molecular weight is 505 g/mol. The molecule has 0 unspecified atom stereocenters. The van der Waals surface area contributed by atoms with Crippen LogP contribution in [0.1, 0.15) is 27.7 Å². The molecule has 2 aromatic carbocycles. The molecule has 0 saturated heterocycles. The number of quaternary nitrogens is 2. The van der Waals surface area contributed by atoms with Crippen molar-refractivity contribution in [2.24, 2.45) is 0 Å². The van der Waals surface area contributed by atoms with Gasteiger partial charge in [0.2, 0.25) is 0 Å². The van der Waals surface area contributed by atoms with Crippen LogP contribution in [-0.2, 0) is 9.47 Å². The molecule has 0 spiro atoms. The van der Waals surface area contributed by atoms with Crippen LogP contribution in [0, 0.1) is 20.2 Å². The van der Waals surface area contributed by atoms with E-state index in [1.165, 1.54) is 0 Å². The fourth-order valence-corrected chi connectivity index (χ4v) is 4.65. The summed E-state index contributed by atoms with van der Waals surface area (Å²) in [7, 11) is 0. The van der Waals surface area contributed by atoms with Crippen molar-refractivity contribution in [2.45, 2.75) is 27.7 Å². The second-order valence-electron chi connectivity index (χ2n) is 8.77. The predicted octanol–water partition coefficient (Wildman–Crippen LogP) is 4.93. The van der Waals surface area contributed by atoms with Crippen LogP contribution in [0.25, 0.3) is 0 Å². The number of ether oxygens (including phenoxy) is 2. The van der Waals surface area contributed by atoms with Gasteiger partial charge in [-0.05, 0) is 27.7 Å². The Morgan fingerprint density at radius 2 is 0.889 bits per heavy atom. The monoisotopic (exact) mass is 504 g/mol. The Balaban J connectivity index is 1.80. The molecule has 0 aromatic heterocycles. The van der Waals surface area contributed by atoms with Gasteiger partial charge in [-0.2, -0.15) is 0 Å². The fourth-order valence-electron chi connectivity index (χ4n) is 4.65. The molecule has 10 nitrogen and oxygen atoms in total. The first-order chi connectivity index (χ1) is 17.3. The summed E-state index contributed by atoms with van der Waals surface area (Å²) in [5.41, 5.74) is 2.29. The van der Waals surface area contributed by atoms with Gasteiger partial charge in [0.05, 0.1) is 62.5 Å². The molecule has 2 rings (SSSR count). The molecular formula is C26H40N4O6+2. The van der Waals surface area contributed by atoms with Crippen LogP contribution in [0.2, 0.25) is 0 Å². The van der Waals surface area contributed by atoms with E-state index < -0.39 is 0 Å². The van der Waals surface area contributed by atoms with Gasteiger partial charge in [-0.15, -0.1) is 0 Å². The SMILES string of the molecule is CC[N+](CC)(CCOCCOCC[N+](CC)(CC)c1ccc([N+](=O)[O-])cc1)c1ccc([N+](=O)[O-])cc1. The van der Waals surface area contributed by atoms with Crippen LogP contribution in [0.5, 0.6) is 0 Å². The minimum Gasteiger partial charge on any atom is -0.373 e. The van der Waals surface area contributed by atoms with Crippen molar-refractivity contribution in [2.75, 3.05) is 65.7 Å². The minimum atomic E-state index is -0.380. The molecule has 0 saturated carbocycles. The van der Waals surface area contributed by atoms with Crippen LogP contribution in [0.15, 0.2) is 48.5 Å². The Kier molecular flexibility index (Phi) is 11.4. The number of hydrogen-bond donors (Lipinski definition) is 0. The maximum atomic E-state index is 11.0. The van der Waals surface area contributed by atoms with E-state index in [1.54, 1.807) is 24.3 Å². The minimum absolute atomic E-state index is 0.0971. The zero-order valence-electron chi connectivity index (χ0n) is 21.9. The van der Waals surface area contributed by atoms with E-state index in [-0.39, 0.29) is 21.2 Å². The summed E-state index contributed by atoms with van der Waals surface area (Å²) in [6.07, 6.45) is 0. The third-order valence-electron chi connectivity index (χ3n) is 7.34. The summed E-state index contributed by atoms with van der Waals surface area (Å²) in [6.45, 7) is 15.6. The molecule has 0 atom stereocenters. The molecule has 36 heavy (non-hydrogen) atoms. The maximum absolute atomic E-state index is 11.0. The summed E-state index contributed by atoms with van der Waals surface area (Å²) in [5.74, 6) is 0.